The molecule has 0 bridgehead atoms. The number of fused-ring (bicyclic) bond motifs is 4. The van der Waals surface area contributed by atoms with Crippen molar-refractivity contribution in [2.45, 2.75) is 54.8 Å². The van der Waals surface area contributed by atoms with Crippen LogP contribution in [-0.4, -0.2) is 15.0 Å². The molecule has 4 nitrogen and oxygen atoms in total. The van der Waals surface area contributed by atoms with Crippen molar-refractivity contribution in [1.29, 1.82) is 0 Å². The Balaban J connectivity index is 0.000000246. The molecule has 0 saturated carbocycles. The predicted molar refractivity (Wildman–Crippen MR) is 180 cm³/mol. The molecule has 2 aromatic carbocycles. The van der Waals surface area contributed by atoms with Crippen molar-refractivity contribution in [3.05, 3.63) is 112 Å². The second-order valence-electron chi connectivity index (χ2n) is 11.8. The third-order valence-electron chi connectivity index (χ3n) is 7.14. The van der Waals surface area contributed by atoms with Gasteiger partial charge in [0.25, 0.3) is 0 Å². The number of hydrogen-bond acceptors (Lipinski definition) is 5. The SMILES string of the molecule is Cc1c[c-]c(-c2cc(C)c(C)cn2)cc1.[2H]C([2H])([2H])c1ccc2c(n1)oc1c(-c3cc4c(C([2H])([2H])C(C)(C)C)csc4cn3)[c-]ccc12.[Ir]. The molecule has 0 unspecified atom stereocenters. The number of hydrogen-bond donors (Lipinski definition) is 0. The van der Waals surface area contributed by atoms with Gasteiger partial charge in [0.05, 0.1) is 10.3 Å². The molecule has 0 N–H and O–H groups in total. The Labute approximate surface area is 284 Å². The summed E-state index contributed by atoms with van der Waals surface area (Å²) in [6.45, 7) is 9.59. The van der Waals surface area contributed by atoms with Crippen LogP contribution in [0.3, 0.4) is 0 Å². The van der Waals surface area contributed by atoms with E-state index in [0.717, 1.165) is 32.1 Å². The third-order valence-corrected chi connectivity index (χ3v) is 8.08. The first-order chi connectivity index (χ1) is 22.5. The fourth-order valence-corrected chi connectivity index (χ4v) is 5.66. The fraction of sp³-hybridized carbons (Fsp3) is 0.237. The van der Waals surface area contributed by atoms with Crippen LogP contribution in [-0.2, 0) is 26.5 Å². The minimum atomic E-state index is -2.32. The summed E-state index contributed by atoms with van der Waals surface area (Å²) < 4.78 is 47.3. The monoisotopic (exact) mass is 779 g/mol. The molecule has 0 aliphatic carbocycles. The van der Waals surface area contributed by atoms with Gasteiger partial charge in [-0.3, -0.25) is 0 Å². The van der Waals surface area contributed by atoms with Crippen LogP contribution in [0.5, 0.6) is 0 Å². The zero-order valence-electron chi connectivity index (χ0n) is 30.4. The van der Waals surface area contributed by atoms with Crippen molar-refractivity contribution < 1.29 is 31.4 Å². The number of benzene rings is 2. The van der Waals surface area contributed by atoms with Crippen molar-refractivity contribution in [2.75, 3.05) is 0 Å². The molecule has 0 saturated heterocycles. The number of aromatic nitrogens is 3. The van der Waals surface area contributed by atoms with Gasteiger partial charge in [-0.15, -0.1) is 64.9 Å². The Morgan fingerprint density at radius 3 is 2.45 bits per heavy atom. The fourth-order valence-electron chi connectivity index (χ4n) is 4.82. The summed E-state index contributed by atoms with van der Waals surface area (Å²) in [6.07, 6.45) is 2.13. The topological polar surface area (TPSA) is 51.8 Å². The zero-order chi connectivity index (χ0) is 34.6. The molecule has 0 aliphatic rings. The Hall–Kier alpha value is -3.70. The summed E-state index contributed by atoms with van der Waals surface area (Å²) in [6, 6.07) is 23.4. The van der Waals surface area contributed by atoms with E-state index in [1.165, 1.54) is 34.1 Å². The van der Waals surface area contributed by atoms with Gasteiger partial charge in [-0.25, -0.2) is 4.98 Å². The number of aryl methyl sites for hydroxylation is 4. The van der Waals surface area contributed by atoms with Crippen LogP contribution >= 0.6 is 11.3 Å². The van der Waals surface area contributed by atoms with Gasteiger partial charge >= 0.3 is 0 Å². The molecule has 7 aromatic rings. The van der Waals surface area contributed by atoms with Gasteiger partial charge in [-0.1, -0.05) is 56.3 Å². The number of thiophene rings is 1. The maximum absolute atomic E-state index is 8.74. The van der Waals surface area contributed by atoms with Crippen LogP contribution in [0.4, 0.5) is 0 Å². The largest absolute Gasteiger partial charge is 0.486 e. The predicted octanol–water partition coefficient (Wildman–Crippen LogP) is 10.4. The minimum Gasteiger partial charge on any atom is -0.486 e. The van der Waals surface area contributed by atoms with Crippen molar-refractivity contribution in [3.8, 4) is 22.5 Å². The van der Waals surface area contributed by atoms with Crippen molar-refractivity contribution >= 4 is 43.5 Å². The zero-order valence-corrected chi connectivity index (χ0v) is 28.6. The third kappa shape index (κ3) is 6.68. The van der Waals surface area contributed by atoms with E-state index in [2.05, 4.69) is 66.1 Å². The van der Waals surface area contributed by atoms with Crippen molar-refractivity contribution in [2.24, 2.45) is 5.41 Å². The Bertz CT molecular complexity index is 2290. The molecule has 0 aliphatic heterocycles. The number of furan rings is 1. The minimum absolute atomic E-state index is 0. The van der Waals surface area contributed by atoms with Crippen LogP contribution in [0, 0.1) is 45.2 Å². The van der Waals surface area contributed by atoms with Gasteiger partial charge in [0.1, 0.15) is 0 Å². The smallest absolute Gasteiger partial charge is 0.216 e. The van der Waals surface area contributed by atoms with E-state index in [1.807, 2.05) is 50.5 Å². The molecule has 0 atom stereocenters. The van der Waals surface area contributed by atoms with Gasteiger partial charge in [-0.05, 0) is 77.9 Å². The maximum Gasteiger partial charge on any atom is 0.216 e. The van der Waals surface area contributed by atoms with E-state index < -0.39 is 18.6 Å². The first-order valence-electron chi connectivity index (χ1n) is 16.6. The molecule has 0 amide bonds. The number of pyridine rings is 3. The molecule has 5 heterocycles. The van der Waals surface area contributed by atoms with Gasteiger partial charge in [0.15, 0.2) is 0 Å². The van der Waals surface area contributed by atoms with E-state index in [-0.39, 0.29) is 31.5 Å². The molecule has 5 aromatic heterocycles. The van der Waals surface area contributed by atoms with Gasteiger partial charge < -0.3 is 14.4 Å². The standard InChI is InChI=1S/C24H21N2OS.C14H14N.Ir/c1-14-8-9-17-16-6-5-7-18(22(16)27-23(17)26-14)20-10-19-15(11-24(2,3)4)13-28-21(19)12-25-20;1-10-4-6-13(7-5-10)14-8-11(2)12(3)9-15-14;/h5-6,8-10,12-13H,11H2,1-4H3;4-6,8-9H,1-3H3;/q2*-1;/i1D3,11D2;;. The van der Waals surface area contributed by atoms with E-state index >= 15 is 0 Å². The normalized spacial score (nSPS) is 13.7. The van der Waals surface area contributed by atoms with Crippen LogP contribution in [0.15, 0.2) is 76.8 Å². The Morgan fingerprint density at radius 1 is 0.909 bits per heavy atom. The van der Waals surface area contributed by atoms with Crippen LogP contribution in [0.1, 0.15) is 55.6 Å². The number of nitrogens with zero attached hydrogens (tertiary/aromatic N) is 3. The second-order valence-corrected chi connectivity index (χ2v) is 12.7. The summed E-state index contributed by atoms with van der Waals surface area (Å²) in [5.74, 6) is 0. The molecule has 44 heavy (non-hydrogen) atoms. The van der Waals surface area contributed by atoms with Crippen LogP contribution in [0.25, 0.3) is 54.7 Å². The summed E-state index contributed by atoms with van der Waals surface area (Å²) in [5, 5.41) is 4.19. The molecule has 6 heteroatoms. The van der Waals surface area contributed by atoms with Crippen LogP contribution in [0.2, 0.25) is 0 Å². The summed E-state index contributed by atoms with van der Waals surface area (Å²) in [5.41, 5.74) is 7.81. The molecule has 225 valence electrons. The van der Waals surface area contributed by atoms with Crippen LogP contribution < -0.4 is 0 Å². The first kappa shape index (κ1) is 25.6. The molecule has 7 rings (SSSR count). The summed E-state index contributed by atoms with van der Waals surface area (Å²) in [7, 11) is 0. The van der Waals surface area contributed by atoms with E-state index in [1.54, 1.807) is 18.3 Å². The maximum atomic E-state index is 8.74. The molecular formula is C38H35IrN3OS-2. The second kappa shape index (κ2) is 12.7. The molecular weight excluding hydrogens is 739 g/mol. The van der Waals surface area contributed by atoms with Crippen molar-refractivity contribution in [1.82, 2.24) is 15.0 Å². The molecule has 0 spiro atoms. The van der Waals surface area contributed by atoms with Gasteiger partial charge in [-0.2, -0.15) is 0 Å². The average Bonchev–Trinajstić information content (AvgIpc) is 3.63. The quantitative estimate of drug-likeness (QED) is 0.168. The average molecular weight is 779 g/mol. The Kier molecular flexibility index (Phi) is 7.41. The van der Waals surface area contributed by atoms with E-state index in [4.69, 9.17) is 11.3 Å². The van der Waals surface area contributed by atoms with Crippen molar-refractivity contribution in [3.63, 3.8) is 0 Å². The van der Waals surface area contributed by atoms with E-state index in [9.17, 15) is 0 Å². The Morgan fingerprint density at radius 2 is 1.73 bits per heavy atom. The first-order valence-corrected chi connectivity index (χ1v) is 15.0. The van der Waals surface area contributed by atoms with Gasteiger partial charge in [0.2, 0.25) is 5.71 Å². The molecule has 0 fully saturated rings. The summed E-state index contributed by atoms with van der Waals surface area (Å²) in [4.78, 5) is 13.2. The van der Waals surface area contributed by atoms with Gasteiger partial charge in [0, 0.05) is 50.4 Å². The summed E-state index contributed by atoms with van der Waals surface area (Å²) >= 11 is 1.47. The number of rotatable bonds is 3. The van der Waals surface area contributed by atoms with E-state index in [0.29, 0.717) is 22.4 Å². The molecule has 1 radical (unpaired) electrons.